The van der Waals surface area contributed by atoms with Crippen LogP contribution >= 0.6 is 0 Å². The van der Waals surface area contributed by atoms with E-state index in [-0.39, 0.29) is 69.8 Å². The number of ether oxygens (including phenoxy) is 2. The molecule has 2 aromatic heterocycles. The number of piperazine rings is 1. The van der Waals surface area contributed by atoms with Crippen LogP contribution in [0.15, 0.2) is 18.2 Å². The Labute approximate surface area is 255 Å². The monoisotopic (exact) mass is 620 g/mol. The Morgan fingerprint density at radius 2 is 2.00 bits per heavy atom. The summed E-state index contributed by atoms with van der Waals surface area (Å²) in [5, 5.41) is 14.2. The Balaban J connectivity index is 1.34. The molecule has 4 aromatic rings. The van der Waals surface area contributed by atoms with E-state index in [9.17, 15) is 18.3 Å². The zero-order valence-corrected chi connectivity index (χ0v) is 24.0. The van der Waals surface area contributed by atoms with Gasteiger partial charge in [0.05, 0.1) is 17.1 Å². The van der Waals surface area contributed by atoms with Crippen molar-refractivity contribution in [2.75, 3.05) is 50.8 Å². The van der Waals surface area contributed by atoms with Crippen LogP contribution in [-0.4, -0.2) is 88.6 Å². The van der Waals surface area contributed by atoms with Crippen LogP contribution in [0.4, 0.5) is 23.4 Å². The van der Waals surface area contributed by atoms with Crippen LogP contribution in [0.1, 0.15) is 24.8 Å². The van der Waals surface area contributed by atoms with Crippen molar-refractivity contribution in [1.29, 1.82) is 0 Å². The second kappa shape index (κ2) is 10.3. The number of nitrogens with one attached hydrogen (secondary N) is 1. The SMILES string of the molecule is C#Cc1c(F)c(F)cc2cc(O)cc(-c3nc4c5c(nc(OC[C@@]67CCCN6C[C@H](F)C7)nc5c3F)N3CCNC[C@H]3CO4)c12. The molecule has 2 aromatic carbocycles. The van der Waals surface area contributed by atoms with Crippen molar-refractivity contribution in [3.8, 4) is 41.2 Å². The number of phenols is 1. The van der Waals surface area contributed by atoms with Crippen molar-refractivity contribution in [3.63, 3.8) is 0 Å². The highest BCUT2D eigenvalue weighted by Gasteiger charge is 2.49. The number of rotatable bonds is 4. The molecule has 4 aliphatic rings. The number of halogens is 4. The molecule has 3 atom stereocenters. The maximum Gasteiger partial charge on any atom is 0.319 e. The van der Waals surface area contributed by atoms with Gasteiger partial charge in [-0.15, -0.1) is 6.42 Å². The Morgan fingerprint density at radius 1 is 1.13 bits per heavy atom. The van der Waals surface area contributed by atoms with Gasteiger partial charge >= 0.3 is 6.01 Å². The number of aromatic hydroxyl groups is 1. The number of pyridine rings is 1. The fourth-order valence-corrected chi connectivity index (χ4v) is 7.46. The summed E-state index contributed by atoms with van der Waals surface area (Å²) in [5.74, 6) is -1.14. The molecule has 0 aliphatic carbocycles. The van der Waals surface area contributed by atoms with Crippen LogP contribution < -0.4 is 19.7 Å². The zero-order chi connectivity index (χ0) is 31.0. The maximum absolute atomic E-state index is 16.8. The average Bonchev–Trinajstić information content (AvgIpc) is 3.50. The minimum atomic E-state index is -1.28. The Morgan fingerprint density at radius 3 is 2.84 bits per heavy atom. The fourth-order valence-electron chi connectivity index (χ4n) is 7.46. The summed E-state index contributed by atoms with van der Waals surface area (Å²) < 4.78 is 72.9. The van der Waals surface area contributed by atoms with Crippen molar-refractivity contribution < 1.29 is 32.1 Å². The molecular formula is C32H28F4N6O3. The van der Waals surface area contributed by atoms with Crippen LogP contribution in [0.3, 0.4) is 0 Å². The normalized spacial score (nSPS) is 24.3. The summed E-state index contributed by atoms with van der Waals surface area (Å²) in [7, 11) is 0. The first-order chi connectivity index (χ1) is 21.8. The van der Waals surface area contributed by atoms with Crippen molar-refractivity contribution in [2.24, 2.45) is 0 Å². The Hall–Kier alpha value is -4.41. The first-order valence-corrected chi connectivity index (χ1v) is 14.9. The average molecular weight is 621 g/mol. The predicted octanol–water partition coefficient (Wildman–Crippen LogP) is 4.08. The lowest BCUT2D eigenvalue weighted by atomic mass is 9.95. The number of anilines is 1. The first kappa shape index (κ1) is 28.1. The Kier molecular flexibility index (Phi) is 6.44. The van der Waals surface area contributed by atoms with Gasteiger partial charge in [0.2, 0.25) is 5.88 Å². The molecule has 232 valence electrons. The van der Waals surface area contributed by atoms with Gasteiger partial charge in [-0.25, -0.2) is 22.5 Å². The van der Waals surface area contributed by atoms with E-state index >= 15 is 4.39 Å². The van der Waals surface area contributed by atoms with Gasteiger partial charge in [0.25, 0.3) is 0 Å². The summed E-state index contributed by atoms with van der Waals surface area (Å²) in [5.41, 5.74) is -1.47. The summed E-state index contributed by atoms with van der Waals surface area (Å²) in [6, 6.07) is 3.03. The molecule has 0 radical (unpaired) electrons. The van der Waals surface area contributed by atoms with Crippen molar-refractivity contribution in [2.45, 2.75) is 37.0 Å². The molecule has 4 aliphatic heterocycles. The number of terminal acetylenes is 1. The van der Waals surface area contributed by atoms with Crippen LogP contribution in [-0.2, 0) is 0 Å². The van der Waals surface area contributed by atoms with Gasteiger partial charge in [-0.2, -0.15) is 9.97 Å². The largest absolute Gasteiger partial charge is 0.508 e. The van der Waals surface area contributed by atoms with Gasteiger partial charge < -0.3 is 24.8 Å². The summed E-state index contributed by atoms with van der Waals surface area (Å²) in [6.07, 6.45) is 6.67. The zero-order valence-electron chi connectivity index (χ0n) is 24.0. The van der Waals surface area contributed by atoms with Crippen molar-refractivity contribution in [1.82, 2.24) is 25.2 Å². The number of hydrogen-bond acceptors (Lipinski definition) is 9. The summed E-state index contributed by atoms with van der Waals surface area (Å²) >= 11 is 0. The molecular weight excluding hydrogens is 592 g/mol. The lowest BCUT2D eigenvalue weighted by Gasteiger charge is -2.35. The van der Waals surface area contributed by atoms with Gasteiger partial charge in [0.1, 0.15) is 47.5 Å². The van der Waals surface area contributed by atoms with Gasteiger partial charge in [-0.05, 0) is 43.0 Å². The number of aromatic nitrogens is 3. The van der Waals surface area contributed by atoms with Crippen LogP contribution in [0.25, 0.3) is 32.9 Å². The van der Waals surface area contributed by atoms with E-state index in [0.29, 0.717) is 38.4 Å². The van der Waals surface area contributed by atoms with Crippen LogP contribution in [0.5, 0.6) is 17.6 Å². The molecule has 13 heteroatoms. The number of hydrogen-bond donors (Lipinski definition) is 2. The molecule has 3 fully saturated rings. The first-order valence-electron chi connectivity index (χ1n) is 14.9. The van der Waals surface area contributed by atoms with Gasteiger partial charge in [0, 0.05) is 43.5 Å². The molecule has 0 spiro atoms. The fraction of sp³-hybridized carbons (Fsp3) is 0.406. The molecule has 0 amide bonds. The van der Waals surface area contributed by atoms with E-state index in [2.05, 4.69) is 26.1 Å². The van der Waals surface area contributed by atoms with E-state index in [1.54, 1.807) is 0 Å². The van der Waals surface area contributed by atoms with Crippen molar-refractivity contribution in [3.05, 3.63) is 41.2 Å². The highest BCUT2D eigenvalue weighted by molar-refractivity contribution is 6.04. The molecule has 0 bridgehead atoms. The number of alkyl halides is 1. The lowest BCUT2D eigenvalue weighted by molar-refractivity contribution is 0.107. The predicted molar refractivity (Wildman–Crippen MR) is 158 cm³/mol. The minimum Gasteiger partial charge on any atom is -0.508 e. The number of phenolic OH excluding ortho intramolecular Hbond substituents is 1. The Bertz CT molecular complexity index is 1940. The second-order valence-electron chi connectivity index (χ2n) is 12.1. The number of fused-ring (bicyclic) bond motifs is 4. The molecule has 8 rings (SSSR count). The minimum absolute atomic E-state index is 0.00409. The van der Waals surface area contributed by atoms with E-state index in [4.69, 9.17) is 20.9 Å². The summed E-state index contributed by atoms with van der Waals surface area (Å²) in [6.45, 7) is 3.25. The molecule has 6 heterocycles. The molecule has 2 N–H and O–H groups in total. The number of nitrogens with zero attached hydrogens (tertiary/aromatic N) is 5. The van der Waals surface area contributed by atoms with Crippen molar-refractivity contribution >= 4 is 27.5 Å². The van der Waals surface area contributed by atoms with Gasteiger partial charge in [0.15, 0.2) is 17.5 Å². The molecule has 9 nitrogen and oxygen atoms in total. The third-order valence-corrected chi connectivity index (χ3v) is 9.49. The van der Waals surface area contributed by atoms with E-state index < -0.39 is 34.7 Å². The third-order valence-electron chi connectivity index (χ3n) is 9.49. The molecule has 3 saturated heterocycles. The second-order valence-corrected chi connectivity index (χ2v) is 12.1. The third kappa shape index (κ3) is 4.34. The number of benzene rings is 2. The highest BCUT2D eigenvalue weighted by Crippen LogP contribution is 2.44. The van der Waals surface area contributed by atoms with Crippen LogP contribution in [0, 0.1) is 29.8 Å². The van der Waals surface area contributed by atoms with Crippen LogP contribution in [0.2, 0.25) is 0 Å². The summed E-state index contributed by atoms with van der Waals surface area (Å²) in [4.78, 5) is 17.9. The quantitative estimate of drug-likeness (QED) is 0.259. The standard InChI is InChI=1S/C32H28F4N6O3/c1-2-20-23-16(9-22(34)25(20)35)8-19(43)10-21(23)27-26(36)28-24-29(42-7-5-37-12-18(42)14-44-30(24)38-27)40-31(39-28)45-15-32-4-3-6-41(32)13-17(33)11-32/h1,8-10,17-18,37,43H,3-7,11-15H2/t17-,18+,32+/m1/s1. The molecule has 0 unspecified atom stereocenters. The highest BCUT2D eigenvalue weighted by atomic mass is 19.2. The van der Waals surface area contributed by atoms with E-state index in [0.717, 1.165) is 25.5 Å². The maximum atomic E-state index is 16.8. The molecule has 45 heavy (non-hydrogen) atoms. The lowest BCUT2D eigenvalue weighted by Crippen LogP contribution is -2.53. The van der Waals surface area contributed by atoms with E-state index in [1.165, 1.54) is 12.1 Å². The van der Waals surface area contributed by atoms with Gasteiger partial charge in [-0.1, -0.05) is 5.92 Å². The molecule has 0 saturated carbocycles. The van der Waals surface area contributed by atoms with Gasteiger partial charge in [-0.3, -0.25) is 4.90 Å². The topological polar surface area (TPSA) is 95.9 Å². The van der Waals surface area contributed by atoms with E-state index in [1.807, 2.05) is 4.90 Å². The smallest absolute Gasteiger partial charge is 0.319 e.